The van der Waals surface area contributed by atoms with Crippen LogP contribution in [0.2, 0.25) is 0 Å². The third-order valence-corrected chi connectivity index (χ3v) is 9.50. The summed E-state index contributed by atoms with van der Waals surface area (Å²) in [5.41, 5.74) is 6.94. The summed E-state index contributed by atoms with van der Waals surface area (Å²) in [5, 5.41) is 9.24. The molecule has 0 saturated heterocycles. The molecule has 2 aromatic heterocycles. The zero-order chi connectivity index (χ0) is 32.6. The van der Waals surface area contributed by atoms with E-state index in [9.17, 15) is 0 Å². The Labute approximate surface area is 278 Å². The maximum Gasteiger partial charge on any atom is 0.167 e. The highest BCUT2D eigenvalue weighted by Crippen LogP contribution is 2.38. The minimum absolute atomic E-state index is 0.0247. The lowest BCUT2D eigenvalue weighted by Crippen LogP contribution is -2.11. The van der Waals surface area contributed by atoms with Crippen LogP contribution in [0.3, 0.4) is 0 Å². The number of benzene rings is 7. The predicted octanol–water partition coefficient (Wildman–Crippen LogP) is 11.8. The molecule has 230 valence electrons. The normalized spacial score (nSPS) is 12.2. The summed E-state index contributed by atoms with van der Waals surface area (Å²) >= 11 is 0. The number of nitrogens with zero attached hydrogens (tertiary/aromatic N) is 3. The Balaban J connectivity index is 1.32. The number of hydrogen-bond donors (Lipinski definition) is 0. The van der Waals surface area contributed by atoms with E-state index >= 15 is 0 Å². The van der Waals surface area contributed by atoms with Crippen molar-refractivity contribution in [1.29, 1.82) is 0 Å². The van der Waals surface area contributed by atoms with Crippen molar-refractivity contribution in [3.8, 4) is 34.2 Å². The van der Waals surface area contributed by atoms with Gasteiger partial charge in [0.25, 0.3) is 0 Å². The van der Waals surface area contributed by atoms with Gasteiger partial charge >= 0.3 is 0 Å². The largest absolute Gasteiger partial charge is 0.455 e. The third kappa shape index (κ3) is 4.56. The highest BCUT2D eigenvalue weighted by atomic mass is 16.3. The summed E-state index contributed by atoms with van der Waals surface area (Å²) in [7, 11) is 0. The van der Waals surface area contributed by atoms with Gasteiger partial charge in [-0.15, -0.1) is 0 Å². The first-order valence-electron chi connectivity index (χ1n) is 16.4. The van der Waals surface area contributed by atoms with Crippen molar-refractivity contribution < 1.29 is 4.42 Å². The fourth-order valence-corrected chi connectivity index (χ4v) is 7.14. The lowest BCUT2D eigenvalue weighted by Gasteiger charge is -2.21. The molecular weight excluding hydrogens is 587 g/mol. The van der Waals surface area contributed by atoms with Gasteiger partial charge in [0, 0.05) is 21.9 Å². The zero-order valence-electron chi connectivity index (χ0n) is 27.4. The maximum absolute atomic E-state index is 6.46. The van der Waals surface area contributed by atoms with Crippen LogP contribution in [0.25, 0.3) is 88.4 Å². The molecule has 0 amide bonds. The van der Waals surface area contributed by atoms with Gasteiger partial charge in [-0.1, -0.05) is 136 Å². The lowest BCUT2D eigenvalue weighted by atomic mass is 9.83. The lowest BCUT2D eigenvalue weighted by molar-refractivity contribution is 0.596. The number of aryl methyl sites for hydroxylation is 1. The summed E-state index contributed by atoms with van der Waals surface area (Å²) in [6.07, 6.45) is 0. The quantitative estimate of drug-likeness (QED) is 0.185. The number of para-hydroxylation sites is 2. The number of furan rings is 1. The van der Waals surface area contributed by atoms with Crippen LogP contribution < -0.4 is 0 Å². The van der Waals surface area contributed by atoms with Gasteiger partial charge in [-0.05, 0) is 68.4 Å². The van der Waals surface area contributed by atoms with Crippen LogP contribution in [0, 0.1) is 6.92 Å². The molecule has 9 rings (SSSR count). The second-order valence-electron chi connectivity index (χ2n) is 13.8. The molecule has 0 unspecified atom stereocenters. The van der Waals surface area contributed by atoms with Gasteiger partial charge in [-0.25, -0.2) is 15.0 Å². The molecule has 0 aliphatic rings. The number of aromatic nitrogens is 3. The van der Waals surface area contributed by atoms with Gasteiger partial charge < -0.3 is 4.42 Å². The second kappa shape index (κ2) is 10.6. The minimum Gasteiger partial charge on any atom is -0.455 e. The molecule has 2 heterocycles. The van der Waals surface area contributed by atoms with Gasteiger partial charge in [-0.2, -0.15) is 0 Å². The Hall–Kier alpha value is -5.87. The summed E-state index contributed by atoms with van der Waals surface area (Å²) in [5.74, 6) is 1.83. The summed E-state index contributed by atoms with van der Waals surface area (Å²) in [4.78, 5) is 15.5. The average molecular weight is 620 g/mol. The van der Waals surface area contributed by atoms with Crippen molar-refractivity contribution >= 4 is 54.3 Å². The first-order chi connectivity index (χ1) is 23.3. The number of rotatable bonds is 3. The van der Waals surface area contributed by atoms with E-state index in [2.05, 4.69) is 131 Å². The number of hydrogen-bond acceptors (Lipinski definition) is 4. The molecule has 0 atom stereocenters. The van der Waals surface area contributed by atoms with Gasteiger partial charge in [0.1, 0.15) is 11.2 Å². The van der Waals surface area contributed by atoms with Crippen LogP contribution in [0.15, 0.2) is 132 Å². The SMILES string of the molecule is Cc1ccc2ccc3c(-c4nc(-c5ccc6c(C(C)(C)C)cccc6c5)nc(-c5cccc6c5oc5ccccc56)n4)cccc3c2c1. The molecular formula is C44H33N3O. The molecule has 0 saturated carbocycles. The van der Waals surface area contributed by atoms with Crippen LogP contribution in [-0.4, -0.2) is 15.0 Å². The third-order valence-electron chi connectivity index (χ3n) is 9.50. The molecule has 0 radical (unpaired) electrons. The molecule has 4 nitrogen and oxygen atoms in total. The van der Waals surface area contributed by atoms with Gasteiger partial charge in [0.15, 0.2) is 17.5 Å². The first kappa shape index (κ1) is 28.4. The minimum atomic E-state index is 0.0247. The van der Waals surface area contributed by atoms with E-state index in [1.165, 1.54) is 32.7 Å². The van der Waals surface area contributed by atoms with E-state index in [1.54, 1.807) is 0 Å². The molecule has 0 fully saturated rings. The van der Waals surface area contributed by atoms with E-state index in [0.29, 0.717) is 17.5 Å². The average Bonchev–Trinajstić information content (AvgIpc) is 3.49. The zero-order valence-corrected chi connectivity index (χ0v) is 27.4. The molecule has 48 heavy (non-hydrogen) atoms. The fourth-order valence-electron chi connectivity index (χ4n) is 7.14. The van der Waals surface area contributed by atoms with Crippen molar-refractivity contribution in [2.45, 2.75) is 33.1 Å². The van der Waals surface area contributed by atoms with Crippen LogP contribution in [0.5, 0.6) is 0 Å². The molecule has 7 aromatic carbocycles. The summed E-state index contributed by atoms with van der Waals surface area (Å²) < 4.78 is 6.46. The van der Waals surface area contributed by atoms with Crippen LogP contribution in [0.1, 0.15) is 31.9 Å². The van der Waals surface area contributed by atoms with Crippen molar-refractivity contribution in [2.24, 2.45) is 0 Å². The van der Waals surface area contributed by atoms with Gasteiger partial charge in [-0.3, -0.25) is 0 Å². The van der Waals surface area contributed by atoms with Crippen LogP contribution >= 0.6 is 0 Å². The highest BCUT2D eigenvalue weighted by Gasteiger charge is 2.20. The van der Waals surface area contributed by atoms with Crippen molar-refractivity contribution in [2.75, 3.05) is 0 Å². The molecule has 0 bridgehead atoms. The molecule has 0 aliphatic heterocycles. The van der Waals surface area contributed by atoms with E-state index in [1.807, 2.05) is 24.3 Å². The standard InChI is InChI=1S/C44H33N3O/c1-26-18-19-27-20-23-32-31(37(27)24-26)12-8-14-35(32)42-45-41(29-21-22-30-28(25-29)10-7-16-38(30)44(2,3)4)46-43(47-42)36-15-9-13-34-33-11-5-6-17-39(33)48-40(34)36/h5-25H,1-4H3. The van der Waals surface area contributed by atoms with Gasteiger partial charge in [0.05, 0.1) is 5.56 Å². The van der Waals surface area contributed by atoms with Crippen molar-refractivity contribution in [1.82, 2.24) is 15.0 Å². The van der Waals surface area contributed by atoms with E-state index in [0.717, 1.165) is 49.4 Å². The maximum atomic E-state index is 6.46. The Morgan fingerprint density at radius 3 is 2.02 bits per heavy atom. The topological polar surface area (TPSA) is 51.8 Å². The van der Waals surface area contributed by atoms with Gasteiger partial charge in [0.2, 0.25) is 0 Å². The summed E-state index contributed by atoms with van der Waals surface area (Å²) in [6, 6.07) is 44.8. The van der Waals surface area contributed by atoms with E-state index < -0.39 is 0 Å². The molecule has 9 aromatic rings. The molecule has 4 heteroatoms. The number of fused-ring (bicyclic) bond motifs is 7. The Bertz CT molecular complexity index is 2730. The van der Waals surface area contributed by atoms with Crippen molar-refractivity contribution in [3.63, 3.8) is 0 Å². The molecule has 0 N–H and O–H groups in total. The van der Waals surface area contributed by atoms with E-state index in [4.69, 9.17) is 19.4 Å². The fraction of sp³-hybridized carbons (Fsp3) is 0.114. The Morgan fingerprint density at radius 2 is 1.17 bits per heavy atom. The second-order valence-corrected chi connectivity index (χ2v) is 13.8. The monoisotopic (exact) mass is 619 g/mol. The predicted molar refractivity (Wildman–Crippen MR) is 199 cm³/mol. The molecule has 0 spiro atoms. The molecule has 0 aliphatic carbocycles. The highest BCUT2D eigenvalue weighted by molar-refractivity contribution is 6.12. The Kier molecular flexibility index (Phi) is 6.25. The van der Waals surface area contributed by atoms with Crippen molar-refractivity contribution in [3.05, 3.63) is 139 Å². The summed E-state index contributed by atoms with van der Waals surface area (Å²) in [6.45, 7) is 8.91. The Morgan fingerprint density at radius 1 is 0.479 bits per heavy atom. The first-order valence-corrected chi connectivity index (χ1v) is 16.4. The van der Waals surface area contributed by atoms with Crippen LogP contribution in [0.4, 0.5) is 0 Å². The van der Waals surface area contributed by atoms with E-state index in [-0.39, 0.29) is 5.41 Å². The smallest absolute Gasteiger partial charge is 0.167 e. The van der Waals surface area contributed by atoms with Crippen LogP contribution in [-0.2, 0) is 5.41 Å².